The molecule has 0 spiro atoms. The quantitative estimate of drug-likeness (QED) is 0.308. The molecule has 0 saturated heterocycles. The maximum atomic E-state index is 12.8. The van der Waals surface area contributed by atoms with E-state index in [1.54, 1.807) is 13.8 Å². The van der Waals surface area contributed by atoms with Crippen molar-refractivity contribution in [2.24, 2.45) is 29.4 Å². The molecule has 27 heavy (non-hydrogen) atoms. The summed E-state index contributed by atoms with van der Waals surface area (Å²) in [6.45, 7) is 11.6. The molecule has 0 aromatic heterocycles. The van der Waals surface area contributed by atoms with E-state index in [0.717, 1.165) is 19.3 Å². The van der Waals surface area contributed by atoms with Crippen LogP contribution in [-0.2, 0) is 9.59 Å². The first-order chi connectivity index (χ1) is 12.5. The molecule has 1 unspecified atom stereocenters. The maximum Gasteiger partial charge on any atom is 0.164 e. The summed E-state index contributed by atoms with van der Waals surface area (Å²) in [6.07, 6.45) is 3.07. The highest BCUT2D eigenvalue weighted by molar-refractivity contribution is 6.01. The molecule has 0 aromatic rings. The van der Waals surface area contributed by atoms with E-state index in [9.17, 15) is 19.8 Å². The molecule has 0 saturated carbocycles. The van der Waals surface area contributed by atoms with Gasteiger partial charge in [-0.05, 0) is 31.1 Å². The molecule has 0 aliphatic rings. The number of allylic oxidation sites excluding steroid dienone is 1. The van der Waals surface area contributed by atoms with E-state index in [4.69, 9.17) is 5.73 Å². The van der Waals surface area contributed by atoms with Gasteiger partial charge in [0.15, 0.2) is 5.78 Å². The van der Waals surface area contributed by atoms with E-state index < -0.39 is 5.92 Å². The monoisotopic (exact) mass is 383 g/mol. The summed E-state index contributed by atoms with van der Waals surface area (Å²) >= 11 is 0. The number of hydrogen-bond donors (Lipinski definition) is 3. The average Bonchev–Trinajstić information content (AvgIpc) is 2.57. The Bertz CT molecular complexity index is 495. The van der Waals surface area contributed by atoms with Crippen LogP contribution >= 0.6 is 0 Å². The normalized spacial score (nSPS) is 15.2. The van der Waals surface area contributed by atoms with Crippen LogP contribution in [-0.4, -0.2) is 34.4 Å². The number of nitrogens with two attached hydrogens (primary N) is 1. The van der Waals surface area contributed by atoms with Gasteiger partial charge in [0.25, 0.3) is 0 Å². The molecule has 0 heterocycles. The third-order valence-electron chi connectivity index (χ3n) is 4.90. The zero-order valence-corrected chi connectivity index (χ0v) is 18.1. The summed E-state index contributed by atoms with van der Waals surface area (Å²) < 4.78 is 0. The fourth-order valence-corrected chi connectivity index (χ4v) is 2.82. The first kappa shape index (κ1) is 25.8. The zero-order valence-electron chi connectivity index (χ0n) is 18.1. The number of Topliss-reactive ketones (excluding diaryl/α,β-unsaturated/α-hetero) is 2. The van der Waals surface area contributed by atoms with E-state index in [0.29, 0.717) is 18.3 Å². The van der Waals surface area contributed by atoms with Crippen molar-refractivity contribution in [3.05, 3.63) is 11.3 Å². The molecule has 0 rings (SSSR count). The second-order valence-electron chi connectivity index (χ2n) is 8.87. The Labute approximate surface area is 165 Å². The van der Waals surface area contributed by atoms with Crippen LogP contribution in [0.5, 0.6) is 0 Å². The largest absolute Gasteiger partial charge is 0.511 e. The van der Waals surface area contributed by atoms with Crippen molar-refractivity contribution >= 4 is 11.6 Å². The Balaban J connectivity index is 5.44. The number of aliphatic hydroxyl groups is 2. The number of carbonyl (C=O) groups is 2. The summed E-state index contributed by atoms with van der Waals surface area (Å²) in [6, 6.07) is -0.292. The van der Waals surface area contributed by atoms with Crippen molar-refractivity contribution < 1.29 is 19.8 Å². The Kier molecular flexibility index (Phi) is 12.5. The van der Waals surface area contributed by atoms with E-state index in [-0.39, 0.29) is 54.3 Å². The molecule has 0 radical (unpaired) electrons. The molecule has 0 fully saturated rings. The number of rotatable bonds is 14. The third-order valence-corrected chi connectivity index (χ3v) is 4.90. The van der Waals surface area contributed by atoms with Gasteiger partial charge in [-0.1, -0.05) is 48.0 Å². The molecule has 158 valence electrons. The fraction of sp³-hybridized carbons (Fsp3) is 0.818. The smallest absolute Gasteiger partial charge is 0.164 e. The van der Waals surface area contributed by atoms with E-state index in [1.807, 2.05) is 0 Å². The van der Waals surface area contributed by atoms with E-state index in [1.165, 1.54) is 0 Å². The predicted octanol–water partition coefficient (Wildman–Crippen LogP) is 4.18. The van der Waals surface area contributed by atoms with Crippen molar-refractivity contribution in [1.29, 1.82) is 0 Å². The predicted molar refractivity (Wildman–Crippen MR) is 110 cm³/mol. The molecular weight excluding hydrogens is 342 g/mol. The Hall–Kier alpha value is -1.20. The Morgan fingerprint density at radius 2 is 1.41 bits per heavy atom. The van der Waals surface area contributed by atoms with Gasteiger partial charge in [-0.3, -0.25) is 9.59 Å². The highest BCUT2D eigenvalue weighted by atomic mass is 16.3. The van der Waals surface area contributed by atoms with Gasteiger partial charge in [-0.2, -0.15) is 0 Å². The number of ketones is 2. The lowest BCUT2D eigenvalue weighted by molar-refractivity contribution is -0.123. The molecular formula is C22H41NO4. The van der Waals surface area contributed by atoms with Gasteiger partial charge < -0.3 is 15.9 Å². The number of carbonyl (C=O) groups excluding carboxylic acids is 2. The highest BCUT2D eigenvalue weighted by Crippen LogP contribution is 2.25. The van der Waals surface area contributed by atoms with Gasteiger partial charge >= 0.3 is 0 Å². The van der Waals surface area contributed by atoms with Crippen LogP contribution in [0, 0.1) is 23.7 Å². The van der Waals surface area contributed by atoms with Crippen LogP contribution in [0.4, 0.5) is 0 Å². The lowest BCUT2D eigenvalue weighted by Gasteiger charge is -2.20. The molecule has 2 atom stereocenters. The van der Waals surface area contributed by atoms with Crippen molar-refractivity contribution in [2.75, 3.05) is 6.61 Å². The first-order valence-corrected chi connectivity index (χ1v) is 10.3. The second kappa shape index (κ2) is 13.1. The van der Waals surface area contributed by atoms with Gasteiger partial charge in [0.05, 0.1) is 6.61 Å². The Morgan fingerprint density at radius 1 is 0.889 bits per heavy atom. The lowest BCUT2D eigenvalue weighted by Crippen LogP contribution is -2.27. The molecule has 0 aliphatic heterocycles. The first-order valence-electron chi connectivity index (χ1n) is 10.3. The van der Waals surface area contributed by atoms with Crippen LogP contribution in [0.1, 0.15) is 80.1 Å². The maximum absolute atomic E-state index is 12.8. The second-order valence-corrected chi connectivity index (χ2v) is 8.87. The SMILES string of the molecule is CC(C)CCC(CO)C(O)=C(CC(=O)C(C)C)C(=O)C[C@@H](N)CCC(C)C. The zero-order chi connectivity index (χ0) is 21.1. The molecule has 0 amide bonds. The molecule has 0 bridgehead atoms. The van der Waals surface area contributed by atoms with Crippen molar-refractivity contribution in [1.82, 2.24) is 0 Å². The number of aliphatic hydroxyl groups excluding tert-OH is 2. The molecule has 0 aliphatic carbocycles. The molecule has 5 nitrogen and oxygen atoms in total. The minimum absolute atomic E-state index is 0.0961. The van der Waals surface area contributed by atoms with Gasteiger partial charge in [0.1, 0.15) is 11.5 Å². The molecule has 4 N–H and O–H groups in total. The summed E-state index contributed by atoms with van der Waals surface area (Å²) in [5.74, 6) is -0.313. The van der Waals surface area contributed by atoms with Crippen LogP contribution in [0.2, 0.25) is 0 Å². The van der Waals surface area contributed by atoms with Crippen molar-refractivity contribution in [3.63, 3.8) is 0 Å². The molecule has 0 aromatic carbocycles. The molecule has 5 heteroatoms. The van der Waals surface area contributed by atoms with E-state index >= 15 is 0 Å². The van der Waals surface area contributed by atoms with Crippen LogP contribution < -0.4 is 5.73 Å². The van der Waals surface area contributed by atoms with Gasteiger partial charge in [-0.25, -0.2) is 0 Å². The van der Waals surface area contributed by atoms with Crippen molar-refractivity contribution in [2.45, 2.75) is 86.1 Å². The van der Waals surface area contributed by atoms with Gasteiger partial charge in [-0.15, -0.1) is 0 Å². The summed E-state index contributed by atoms with van der Waals surface area (Å²) in [5, 5.41) is 20.4. The fourth-order valence-electron chi connectivity index (χ4n) is 2.82. The van der Waals surface area contributed by atoms with Crippen molar-refractivity contribution in [3.8, 4) is 0 Å². The average molecular weight is 384 g/mol. The van der Waals surface area contributed by atoms with Crippen LogP contribution in [0.3, 0.4) is 0 Å². The van der Waals surface area contributed by atoms with Gasteiger partial charge in [0, 0.05) is 36.3 Å². The van der Waals surface area contributed by atoms with Crippen LogP contribution in [0.15, 0.2) is 11.3 Å². The standard InChI is InChI=1S/C22H41NO4/c1-14(2)7-9-17(13-24)22(27)19(12-20(25)16(5)6)21(26)11-18(23)10-8-15(3)4/h14-18,24,27H,7-13,23H2,1-6H3/t17?,18-/m0/s1. The third kappa shape index (κ3) is 10.6. The minimum Gasteiger partial charge on any atom is -0.511 e. The topological polar surface area (TPSA) is 101 Å². The summed E-state index contributed by atoms with van der Waals surface area (Å²) in [5.41, 5.74) is 6.23. The minimum atomic E-state index is -0.516. The highest BCUT2D eigenvalue weighted by Gasteiger charge is 2.26. The van der Waals surface area contributed by atoms with Crippen LogP contribution in [0.25, 0.3) is 0 Å². The van der Waals surface area contributed by atoms with Gasteiger partial charge in [0.2, 0.25) is 0 Å². The number of hydrogen-bond acceptors (Lipinski definition) is 5. The van der Waals surface area contributed by atoms with E-state index in [2.05, 4.69) is 27.7 Å². The summed E-state index contributed by atoms with van der Waals surface area (Å²) in [4.78, 5) is 25.1. The lowest BCUT2D eigenvalue weighted by atomic mass is 9.88. The Morgan fingerprint density at radius 3 is 1.85 bits per heavy atom. The summed E-state index contributed by atoms with van der Waals surface area (Å²) in [7, 11) is 0.